The minimum absolute atomic E-state index is 0.232. The highest BCUT2D eigenvalue weighted by Crippen LogP contribution is 2.30. The van der Waals surface area contributed by atoms with E-state index in [2.05, 4.69) is 33.5 Å². The summed E-state index contributed by atoms with van der Waals surface area (Å²) in [6.45, 7) is 5.60. The third-order valence-electron chi connectivity index (χ3n) is 6.63. The van der Waals surface area contributed by atoms with E-state index in [0.29, 0.717) is 18.9 Å². The number of fused-ring (bicyclic) bond motifs is 1. The molecule has 0 N–H and O–H groups in total. The van der Waals surface area contributed by atoms with E-state index in [0.717, 1.165) is 66.3 Å². The molecule has 1 atom stereocenters. The molecule has 170 valence electrons. The summed E-state index contributed by atoms with van der Waals surface area (Å²) >= 11 is 1.74. The lowest BCUT2D eigenvalue weighted by Crippen LogP contribution is -2.35. The number of hydrogen-bond acceptors (Lipinski definition) is 6. The Hall–Kier alpha value is -2.83. The van der Waals surface area contributed by atoms with Crippen LogP contribution < -0.4 is 4.74 Å². The lowest BCUT2D eigenvalue weighted by Gasteiger charge is -2.32. The summed E-state index contributed by atoms with van der Waals surface area (Å²) in [5.41, 5.74) is 6.08. The number of aliphatic imine (C=N–C) groups is 1. The van der Waals surface area contributed by atoms with Crippen LogP contribution in [0.2, 0.25) is 0 Å². The zero-order chi connectivity index (χ0) is 22.8. The number of piperidine rings is 1. The smallest absolute Gasteiger partial charge is 0.163 e. The number of likely N-dealkylation sites (tertiary alicyclic amines) is 1. The zero-order valence-corrected chi connectivity index (χ0v) is 20.0. The Morgan fingerprint density at radius 1 is 1.24 bits per heavy atom. The monoisotopic (exact) mass is 459 g/mol. The number of ketones is 1. The molecule has 5 rings (SSSR count). The minimum atomic E-state index is 0.232. The highest BCUT2D eigenvalue weighted by molar-refractivity contribution is 7.10. The van der Waals surface area contributed by atoms with E-state index in [9.17, 15) is 4.79 Å². The Kier molecular flexibility index (Phi) is 6.38. The first-order chi connectivity index (χ1) is 16.1. The van der Waals surface area contributed by atoms with Crippen molar-refractivity contribution in [1.29, 1.82) is 0 Å². The first-order valence-corrected chi connectivity index (χ1v) is 12.5. The van der Waals surface area contributed by atoms with Gasteiger partial charge in [0.2, 0.25) is 0 Å². The molecule has 1 saturated heterocycles. The number of thiophene rings is 1. The van der Waals surface area contributed by atoms with Crippen LogP contribution in [0.15, 0.2) is 53.0 Å². The van der Waals surface area contributed by atoms with Crippen LogP contribution >= 0.6 is 11.3 Å². The number of methoxy groups -OCH3 is 1. The normalized spacial score (nSPS) is 18.1. The first-order valence-electron chi connectivity index (χ1n) is 11.6. The molecule has 0 bridgehead atoms. The quantitative estimate of drug-likeness (QED) is 0.450. The van der Waals surface area contributed by atoms with Crippen molar-refractivity contribution in [3.63, 3.8) is 0 Å². The lowest BCUT2D eigenvalue weighted by atomic mass is 9.89. The molecule has 4 heterocycles. The molecule has 5 nitrogen and oxygen atoms in total. The number of aromatic nitrogens is 1. The van der Waals surface area contributed by atoms with Gasteiger partial charge in [-0.25, -0.2) is 0 Å². The van der Waals surface area contributed by atoms with E-state index < -0.39 is 0 Å². The van der Waals surface area contributed by atoms with E-state index >= 15 is 0 Å². The highest BCUT2D eigenvalue weighted by Gasteiger charge is 2.25. The molecule has 0 radical (unpaired) electrons. The molecule has 1 aromatic carbocycles. The maximum Gasteiger partial charge on any atom is 0.163 e. The van der Waals surface area contributed by atoms with Crippen molar-refractivity contribution in [2.45, 2.75) is 39.3 Å². The summed E-state index contributed by atoms with van der Waals surface area (Å²) in [5, 5.41) is 2.08. The summed E-state index contributed by atoms with van der Waals surface area (Å²) in [4.78, 5) is 26.0. The first kappa shape index (κ1) is 22.0. The summed E-state index contributed by atoms with van der Waals surface area (Å²) in [7, 11) is 1.73. The van der Waals surface area contributed by atoms with Gasteiger partial charge in [0.15, 0.2) is 5.78 Å². The molecule has 0 unspecified atom stereocenters. The second-order valence-corrected chi connectivity index (χ2v) is 10.0. The van der Waals surface area contributed by atoms with Crippen LogP contribution in [0.3, 0.4) is 0 Å². The Bertz CT molecular complexity index is 1200. The Balaban J connectivity index is 1.27. The fourth-order valence-electron chi connectivity index (χ4n) is 4.97. The fourth-order valence-corrected chi connectivity index (χ4v) is 5.85. The fraction of sp³-hybridized carbons (Fsp3) is 0.370. The van der Waals surface area contributed by atoms with Gasteiger partial charge in [-0.1, -0.05) is 12.1 Å². The third kappa shape index (κ3) is 4.77. The van der Waals surface area contributed by atoms with Crippen LogP contribution in [0.4, 0.5) is 0 Å². The van der Waals surface area contributed by atoms with Gasteiger partial charge >= 0.3 is 0 Å². The predicted molar refractivity (Wildman–Crippen MR) is 133 cm³/mol. The minimum Gasteiger partial charge on any atom is -0.496 e. The maximum absolute atomic E-state index is 13.2. The SMILES string of the molecule is COc1ccsc1CN1CCC[C@@H](CC(=O)c2ccc3c(c2)C(c2ccnc(C)c2)=NC3)C1. The average molecular weight is 460 g/mol. The number of nitrogens with zero attached hydrogens (tertiary/aromatic N) is 3. The van der Waals surface area contributed by atoms with Gasteiger partial charge in [-0.05, 0) is 67.4 Å². The number of carbonyl (C=O) groups excluding carboxylic acids is 1. The van der Waals surface area contributed by atoms with Crippen molar-refractivity contribution in [2.75, 3.05) is 20.2 Å². The molecule has 0 aliphatic carbocycles. The van der Waals surface area contributed by atoms with Gasteiger partial charge in [0.1, 0.15) is 5.75 Å². The van der Waals surface area contributed by atoms with Crippen LogP contribution in [0.1, 0.15) is 56.9 Å². The van der Waals surface area contributed by atoms with Gasteiger partial charge in [0.25, 0.3) is 0 Å². The molecule has 0 saturated carbocycles. The van der Waals surface area contributed by atoms with Gasteiger partial charge in [-0.15, -0.1) is 11.3 Å². The van der Waals surface area contributed by atoms with E-state index in [1.54, 1.807) is 18.4 Å². The van der Waals surface area contributed by atoms with Gasteiger partial charge in [-0.3, -0.25) is 19.7 Å². The van der Waals surface area contributed by atoms with Crippen molar-refractivity contribution in [2.24, 2.45) is 10.9 Å². The van der Waals surface area contributed by atoms with E-state index in [1.807, 2.05) is 31.3 Å². The van der Waals surface area contributed by atoms with E-state index in [4.69, 9.17) is 9.73 Å². The number of Topliss-reactive ketones (excluding diaryl/α,β-unsaturated/α-hetero) is 1. The molecular formula is C27H29N3O2S. The molecule has 33 heavy (non-hydrogen) atoms. The van der Waals surface area contributed by atoms with Crippen LogP contribution in [-0.2, 0) is 13.1 Å². The van der Waals surface area contributed by atoms with Crippen molar-refractivity contribution in [3.8, 4) is 5.75 Å². The van der Waals surface area contributed by atoms with E-state index in [1.165, 1.54) is 10.4 Å². The molecule has 0 amide bonds. The van der Waals surface area contributed by atoms with Crippen molar-refractivity contribution in [3.05, 3.63) is 80.8 Å². The number of hydrogen-bond donors (Lipinski definition) is 0. The summed E-state index contributed by atoms with van der Waals surface area (Å²) in [5.74, 6) is 1.59. The molecule has 2 aromatic heterocycles. The Labute approximate surface area is 199 Å². The molecule has 2 aliphatic rings. The second-order valence-electron chi connectivity index (χ2n) is 9.01. The number of benzene rings is 1. The van der Waals surface area contributed by atoms with Crippen LogP contribution in [0.5, 0.6) is 5.75 Å². The third-order valence-corrected chi connectivity index (χ3v) is 7.52. The summed E-state index contributed by atoms with van der Waals surface area (Å²) < 4.78 is 5.48. The Morgan fingerprint density at radius 3 is 3.00 bits per heavy atom. The maximum atomic E-state index is 13.2. The molecule has 2 aliphatic heterocycles. The highest BCUT2D eigenvalue weighted by atomic mass is 32.1. The molecule has 1 fully saturated rings. The van der Waals surface area contributed by atoms with Gasteiger partial charge in [0, 0.05) is 48.1 Å². The zero-order valence-electron chi connectivity index (χ0n) is 19.2. The number of aryl methyl sites for hydroxylation is 1. The van der Waals surface area contributed by atoms with Gasteiger partial charge in [-0.2, -0.15) is 0 Å². The number of ether oxygens (including phenoxy) is 1. The summed E-state index contributed by atoms with van der Waals surface area (Å²) in [6, 6.07) is 12.2. The largest absolute Gasteiger partial charge is 0.496 e. The average Bonchev–Trinajstić information content (AvgIpc) is 3.45. The predicted octanol–water partition coefficient (Wildman–Crippen LogP) is 5.30. The summed E-state index contributed by atoms with van der Waals surface area (Å²) in [6.07, 6.45) is 4.66. The van der Waals surface area contributed by atoms with Crippen molar-refractivity contribution >= 4 is 22.8 Å². The van der Waals surface area contributed by atoms with Crippen LogP contribution in [0.25, 0.3) is 0 Å². The van der Waals surface area contributed by atoms with Crippen molar-refractivity contribution < 1.29 is 9.53 Å². The number of carbonyl (C=O) groups is 1. The second kappa shape index (κ2) is 9.57. The number of rotatable bonds is 7. The van der Waals surface area contributed by atoms with Gasteiger partial charge < -0.3 is 4.74 Å². The molecule has 0 spiro atoms. The lowest BCUT2D eigenvalue weighted by molar-refractivity contribution is 0.0913. The van der Waals surface area contributed by atoms with Crippen LogP contribution in [0, 0.1) is 12.8 Å². The van der Waals surface area contributed by atoms with E-state index in [-0.39, 0.29) is 5.78 Å². The topological polar surface area (TPSA) is 54.8 Å². The van der Waals surface area contributed by atoms with Gasteiger partial charge in [0.05, 0.1) is 24.2 Å². The molecule has 6 heteroatoms. The van der Waals surface area contributed by atoms with Crippen LogP contribution in [-0.4, -0.2) is 41.6 Å². The molecular weight excluding hydrogens is 430 g/mol. The molecule has 3 aromatic rings. The standard InChI is InChI=1S/C27H29N3O2S/c1-18-12-21(7-9-28-18)27-23-14-20(5-6-22(23)15-29-27)24(31)13-19-4-3-10-30(16-19)17-26-25(32-2)8-11-33-26/h5-9,11-12,14,19H,3-4,10,13,15-17H2,1-2H3/t19-/m0/s1. The Morgan fingerprint density at radius 2 is 2.15 bits per heavy atom. The number of pyridine rings is 1. The van der Waals surface area contributed by atoms with Crippen molar-refractivity contribution in [1.82, 2.24) is 9.88 Å².